The van der Waals surface area contributed by atoms with Crippen molar-refractivity contribution in [3.05, 3.63) is 58.7 Å². The zero-order valence-electron chi connectivity index (χ0n) is 10.6. The third kappa shape index (κ3) is 2.63. The van der Waals surface area contributed by atoms with Crippen molar-refractivity contribution in [2.75, 3.05) is 6.54 Å². The van der Waals surface area contributed by atoms with Gasteiger partial charge in [0.15, 0.2) is 10.4 Å². The second-order valence-electron chi connectivity index (χ2n) is 4.37. The number of benzene rings is 1. The molecule has 1 N–H and O–H groups in total. The number of furan rings is 2. The van der Waals surface area contributed by atoms with Gasteiger partial charge in [-0.2, -0.15) is 0 Å². The van der Waals surface area contributed by atoms with E-state index in [1.807, 2.05) is 24.3 Å². The summed E-state index contributed by atoms with van der Waals surface area (Å²) in [5.74, 6) is 0.0810. The quantitative estimate of drug-likeness (QED) is 0.790. The molecule has 1 aromatic carbocycles. The fraction of sp³-hybridized carbons (Fsp3) is 0.133. The van der Waals surface area contributed by atoms with Crippen LogP contribution in [0.3, 0.4) is 0 Å². The molecule has 0 aliphatic rings. The van der Waals surface area contributed by atoms with Crippen molar-refractivity contribution < 1.29 is 13.6 Å². The molecular formula is C15H12BrNO3. The minimum Gasteiger partial charge on any atom is -0.464 e. The van der Waals surface area contributed by atoms with Gasteiger partial charge in [0, 0.05) is 11.9 Å². The van der Waals surface area contributed by atoms with Crippen LogP contribution in [0.25, 0.3) is 11.0 Å². The Morgan fingerprint density at radius 3 is 2.85 bits per heavy atom. The topological polar surface area (TPSA) is 55.4 Å². The number of hydrogen-bond acceptors (Lipinski definition) is 3. The number of carbonyl (C=O) groups excluding carboxylic acids is 1. The molecule has 102 valence electrons. The van der Waals surface area contributed by atoms with Gasteiger partial charge in [-0.1, -0.05) is 18.2 Å². The number of fused-ring (bicyclic) bond motifs is 1. The first-order valence-corrected chi connectivity index (χ1v) is 7.02. The lowest BCUT2D eigenvalue weighted by Gasteiger charge is -2.02. The lowest BCUT2D eigenvalue weighted by molar-refractivity contribution is 0.0925. The van der Waals surface area contributed by atoms with E-state index in [9.17, 15) is 4.79 Å². The number of para-hydroxylation sites is 1. The summed E-state index contributed by atoms with van der Waals surface area (Å²) < 4.78 is 11.2. The fourth-order valence-electron chi connectivity index (χ4n) is 2.06. The number of carbonyl (C=O) groups is 1. The molecule has 0 unspecified atom stereocenters. The highest BCUT2D eigenvalue weighted by atomic mass is 79.9. The van der Waals surface area contributed by atoms with Gasteiger partial charge in [-0.05, 0) is 46.1 Å². The maximum Gasteiger partial charge on any atom is 0.287 e. The molecule has 0 fully saturated rings. The van der Waals surface area contributed by atoms with Crippen LogP contribution in [0.4, 0.5) is 0 Å². The van der Waals surface area contributed by atoms with Gasteiger partial charge in [0.2, 0.25) is 0 Å². The number of rotatable bonds is 4. The molecule has 0 aliphatic carbocycles. The van der Waals surface area contributed by atoms with E-state index in [1.165, 1.54) is 0 Å². The highest BCUT2D eigenvalue weighted by Gasteiger charge is 2.10. The minimum atomic E-state index is -0.219. The average Bonchev–Trinajstić information content (AvgIpc) is 3.06. The first-order valence-electron chi connectivity index (χ1n) is 6.22. The Hall–Kier alpha value is -2.01. The van der Waals surface area contributed by atoms with E-state index >= 15 is 0 Å². The van der Waals surface area contributed by atoms with Crippen LogP contribution in [-0.4, -0.2) is 12.5 Å². The average molecular weight is 334 g/mol. The standard InChI is InChI=1S/C15H12BrNO3/c16-14-6-5-13(20-14)15(18)17-8-7-10-9-19-12-4-2-1-3-11(10)12/h1-6,9H,7-8H2,(H,17,18). The van der Waals surface area contributed by atoms with Gasteiger partial charge in [-0.3, -0.25) is 4.79 Å². The van der Waals surface area contributed by atoms with E-state index in [0.29, 0.717) is 23.4 Å². The van der Waals surface area contributed by atoms with Crippen molar-refractivity contribution >= 4 is 32.8 Å². The molecule has 0 aliphatic heterocycles. The van der Waals surface area contributed by atoms with Crippen LogP contribution in [0, 0.1) is 0 Å². The summed E-state index contributed by atoms with van der Waals surface area (Å²) in [7, 11) is 0. The zero-order chi connectivity index (χ0) is 13.9. The molecule has 1 amide bonds. The Bertz CT molecular complexity index is 744. The summed E-state index contributed by atoms with van der Waals surface area (Å²) in [4.78, 5) is 11.8. The van der Waals surface area contributed by atoms with E-state index in [0.717, 1.165) is 16.5 Å². The van der Waals surface area contributed by atoms with Crippen LogP contribution in [-0.2, 0) is 6.42 Å². The number of amides is 1. The van der Waals surface area contributed by atoms with E-state index in [2.05, 4.69) is 21.2 Å². The van der Waals surface area contributed by atoms with E-state index in [-0.39, 0.29) is 5.91 Å². The Morgan fingerprint density at radius 1 is 1.20 bits per heavy atom. The van der Waals surface area contributed by atoms with Gasteiger partial charge in [-0.25, -0.2) is 0 Å². The second-order valence-corrected chi connectivity index (χ2v) is 5.15. The van der Waals surface area contributed by atoms with Crippen LogP contribution >= 0.6 is 15.9 Å². The van der Waals surface area contributed by atoms with Gasteiger partial charge in [-0.15, -0.1) is 0 Å². The van der Waals surface area contributed by atoms with E-state index in [1.54, 1.807) is 18.4 Å². The number of nitrogens with one attached hydrogen (secondary N) is 1. The van der Waals surface area contributed by atoms with Gasteiger partial charge >= 0.3 is 0 Å². The Balaban J connectivity index is 1.61. The SMILES string of the molecule is O=C(NCCc1coc2ccccc12)c1ccc(Br)o1. The summed E-state index contributed by atoms with van der Waals surface area (Å²) in [6.45, 7) is 0.528. The molecular weight excluding hydrogens is 322 g/mol. The van der Waals surface area contributed by atoms with Crippen molar-refractivity contribution in [1.82, 2.24) is 5.32 Å². The largest absolute Gasteiger partial charge is 0.464 e. The van der Waals surface area contributed by atoms with Crippen LogP contribution in [0.1, 0.15) is 16.1 Å². The van der Waals surface area contributed by atoms with Crippen molar-refractivity contribution in [2.24, 2.45) is 0 Å². The molecule has 2 aromatic heterocycles. The van der Waals surface area contributed by atoms with Crippen LogP contribution < -0.4 is 5.32 Å². The van der Waals surface area contributed by atoms with Gasteiger partial charge in [0.1, 0.15) is 5.58 Å². The predicted molar refractivity (Wildman–Crippen MR) is 78.7 cm³/mol. The first-order chi connectivity index (χ1) is 9.74. The molecule has 3 rings (SSSR count). The lowest BCUT2D eigenvalue weighted by atomic mass is 10.1. The van der Waals surface area contributed by atoms with Gasteiger partial charge in [0.25, 0.3) is 5.91 Å². The minimum absolute atomic E-state index is 0.219. The second kappa shape index (κ2) is 5.54. The molecule has 5 heteroatoms. The highest BCUT2D eigenvalue weighted by molar-refractivity contribution is 9.10. The third-order valence-corrected chi connectivity index (χ3v) is 3.46. The van der Waals surface area contributed by atoms with Crippen LogP contribution in [0.2, 0.25) is 0 Å². The van der Waals surface area contributed by atoms with Crippen molar-refractivity contribution in [1.29, 1.82) is 0 Å². The highest BCUT2D eigenvalue weighted by Crippen LogP contribution is 2.20. The lowest BCUT2D eigenvalue weighted by Crippen LogP contribution is -2.25. The normalized spacial score (nSPS) is 10.8. The summed E-state index contributed by atoms with van der Waals surface area (Å²) in [5, 5.41) is 3.91. The summed E-state index contributed by atoms with van der Waals surface area (Å²) in [5.41, 5.74) is 1.95. The van der Waals surface area contributed by atoms with E-state index < -0.39 is 0 Å². The van der Waals surface area contributed by atoms with Crippen LogP contribution in [0.5, 0.6) is 0 Å². The summed E-state index contributed by atoms with van der Waals surface area (Å²) >= 11 is 3.17. The fourth-order valence-corrected chi connectivity index (χ4v) is 2.37. The molecule has 0 saturated carbocycles. The Morgan fingerprint density at radius 2 is 2.05 bits per heavy atom. The molecule has 0 spiro atoms. The molecule has 20 heavy (non-hydrogen) atoms. The zero-order valence-corrected chi connectivity index (χ0v) is 12.1. The summed E-state index contributed by atoms with van der Waals surface area (Å²) in [6, 6.07) is 11.2. The predicted octanol–water partition coefficient (Wildman–Crippen LogP) is 3.76. The molecule has 0 saturated heterocycles. The van der Waals surface area contributed by atoms with E-state index in [4.69, 9.17) is 8.83 Å². The van der Waals surface area contributed by atoms with Gasteiger partial charge < -0.3 is 14.2 Å². The molecule has 2 heterocycles. The molecule has 0 radical (unpaired) electrons. The smallest absolute Gasteiger partial charge is 0.287 e. The maximum atomic E-state index is 11.8. The Kier molecular flexibility index (Phi) is 3.60. The monoisotopic (exact) mass is 333 g/mol. The van der Waals surface area contributed by atoms with Crippen molar-refractivity contribution in [2.45, 2.75) is 6.42 Å². The molecule has 3 aromatic rings. The molecule has 4 nitrogen and oxygen atoms in total. The first kappa shape index (κ1) is 13.0. The van der Waals surface area contributed by atoms with Crippen LogP contribution in [0.15, 0.2) is 56.2 Å². The number of hydrogen-bond donors (Lipinski definition) is 1. The third-order valence-electron chi connectivity index (χ3n) is 3.04. The Labute approximate surface area is 123 Å². The van der Waals surface area contributed by atoms with Gasteiger partial charge in [0.05, 0.1) is 6.26 Å². The summed E-state index contributed by atoms with van der Waals surface area (Å²) in [6.07, 6.45) is 2.45. The number of halogens is 1. The van der Waals surface area contributed by atoms with Crippen molar-refractivity contribution in [3.8, 4) is 0 Å². The maximum absolute atomic E-state index is 11.8. The molecule has 0 bridgehead atoms. The molecule has 0 atom stereocenters. The van der Waals surface area contributed by atoms with Crippen molar-refractivity contribution in [3.63, 3.8) is 0 Å².